The second-order valence-corrected chi connectivity index (χ2v) is 6.10. The van der Waals surface area contributed by atoms with Gasteiger partial charge in [0.1, 0.15) is 5.82 Å². The number of amides is 1. The van der Waals surface area contributed by atoms with E-state index < -0.39 is 0 Å². The molecule has 0 aromatic carbocycles. The molecule has 1 N–H and O–H groups in total. The van der Waals surface area contributed by atoms with Crippen LogP contribution in [0.4, 0.5) is 0 Å². The van der Waals surface area contributed by atoms with Crippen molar-refractivity contribution in [1.29, 1.82) is 0 Å². The average Bonchev–Trinajstić information content (AvgIpc) is 3.11. The Bertz CT molecular complexity index is 464. The van der Waals surface area contributed by atoms with Gasteiger partial charge in [0.2, 0.25) is 5.91 Å². The first kappa shape index (κ1) is 13.6. The number of imidazole rings is 1. The molecule has 0 bridgehead atoms. The summed E-state index contributed by atoms with van der Waals surface area (Å²) in [5, 5.41) is 3.32. The lowest BCUT2D eigenvalue weighted by molar-refractivity contribution is -0.134. The van der Waals surface area contributed by atoms with E-state index in [0.29, 0.717) is 11.8 Å². The molecule has 2 fully saturated rings. The normalized spacial score (nSPS) is 26.9. The fourth-order valence-corrected chi connectivity index (χ4v) is 3.40. The zero-order valence-electron chi connectivity index (χ0n) is 12.2. The second kappa shape index (κ2) is 5.95. The lowest BCUT2D eigenvalue weighted by atomic mass is 9.94. The molecule has 3 rings (SSSR count). The zero-order chi connectivity index (χ0) is 13.9. The highest BCUT2D eigenvalue weighted by molar-refractivity contribution is 5.82. The summed E-state index contributed by atoms with van der Waals surface area (Å²) in [7, 11) is 2.04. The Labute approximate surface area is 120 Å². The Kier molecular flexibility index (Phi) is 4.05. The van der Waals surface area contributed by atoms with Crippen LogP contribution in [0.3, 0.4) is 0 Å². The molecule has 2 unspecified atom stereocenters. The molecule has 2 saturated heterocycles. The third-order valence-electron chi connectivity index (χ3n) is 4.58. The quantitative estimate of drug-likeness (QED) is 0.894. The average molecular weight is 276 g/mol. The Morgan fingerprint density at radius 3 is 3.05 bits per heavy atom. The van der Waals surface area contributed by atoms with Crippen LogP contribution in [0.25, 0.3) is 0 Å². The van der Waals surface area contributed by atoms with Crippen molar-refractivity contribution in [2.24, 2.45) is 13.0 Å². The van der Waals surface area contributed by atoms with Gasteiger partial charge in [0.15, 0.2) is 0 Å². The SMILES string of the molecule is Cn1ccnc1CC1CCCN(C(=O)C2CCCN2)C1. The molecular weight excluding hydrogens is 252 g/mol. The van der Waals surface area contributed by atoms with Gasteiger partial charge in [-0.3, -0.25) is 4.79 Å². The van der Waals surface area contributed by atoms with Gasteiger partial charge in [0.05, 0.1) is 6.04 Å². The van der Waals surface area contributed by atoms with Crippen molar-refractivity contribution in [3.63, 3.8) is 0 Å². The number of hydrogen-bond acceptors (Lipinski definition) is 3. The van der Waals surface area contributed by atoms with E-state index in [1.807, 2.05) is 19.4 Å². The minimum Gasteiger partial charge on any atom is -0.341 e. The van der Waals surface area contributed by atoms with Crippen LogP contribution in [0, 0.1) is 5.92 Å². The summed E-state index contributed by atoms with van der Waals surface area (Å²) in [6, 6.07) is 0.0712. The number of nitrogens with zero attached hydrogens (tertiary/aromatic N) is 3. The van der Waals surface area contributed by atoms with Crippen LogP contribution >= 0.6 is 0 Å². The molecule has 20 heavy (non-hydrogen) atoms. The maximum Gasteiger partial charge on any atom is 0.239 e. The predicted molar refractivity (Wildman–Crippen MR) is 77.2 cm³/mol. The van der Waals surface area contributed by atoms with E-state index in [-0.39, 0.29) is 6.04 Å². The summed E-state index contributed by atoms with van der Waals surface area (Å²) in [5.74, 6) is 1.99. The lowest BCUT2D eigenvalue weighted by Gasteiger charge is -2.34. The molecule has 1 aromatic heterocycles. The van der Waals surface area contributed by atoms with Crippen molar-refractivity contribution in [2.75, 3.05) is 19.6 Å². The molecule has 2 aliphatic rings. The number of aromatic nitrogens is 2. The van der Waals surface area contributed by atoms with Crippen LogP contribution in [0.1, 0.15) is 31.5 Å². The van der Waals surface area contributed by atoms with Crippen molar-refractivity contribution in [2.45, 2.75) is 38.1 Å². The van der Waals surface area contributed by atoms with Crippen molar-refractivity contribution < 1.29 is 4.79 Å². The minimum atomic E-state index is 0.0712. The van der Waals surface area contributed by atoms with Crippen molar-refractivity contribution in [3.8, 4) is 0 Å². The smallest absolute Gasteiger partial charge is 0.239 e. The van der Waals surface area contributed by atoms with E-state index >= 15 is 0 Å². The van der Waals surface area contributed by atoms with E-state index in [0.717, 1.165) is 51.1 Å². The molecule has 0 aliphatic carbocycles. The van der Waals surface area contributed by atoms with Crippen LogP contribution in [-0.2, 0) is 18.3 Å². The number of rotatable bonds is 3. The topological polar surface area (TPSA) is 50.2 Å². The highest BCUT2D eigenvalue weighted by Gasteiger charge is 2.30. The molecular formula is C15H24N4O. The number of hydrogen-bond donors (Lipinski definition) is 1. The van der Waals surface area contributed by atoms with Crippen LogP contribution < -0.4 is 5.32 Å². The first-order chi connectivity index (χ1) is 9.74. The maximum absolute atomic E-state index is 12.5. The van der Waals surface area contributed by atoms with Gasteiger partial charge in [0, 0.05) is 39.0 Å². The Morgan fingerprint density at radius 2 is 2.35 bits per heavy atom. The highest BCUT2D eigenvalue weighted by atomic mass is 16.2. The highest BCUT2D eigenvalue weighted by Crippen LogP contribution is 2.21. The molecule has 2 atom stereocenters. The van der Waals surface area contributed by atoms with Gasteiger partial charge in [-0.05, 0) is 38.1 Å². The number of aryl methyl sites for hydroxylation is 1. The summed E-state index contributed by atoms with van der Waals surface area (Å²) >= 11 is 0. The van der Waals surface area contributed by atoms with Crippen LogP contribution in [0.15, 0.2) is 12.4 Å². The number of likely N-dealkylation sites (tertiary alicyclic amines) is 1. The Hall–Kier alpha value is -1.36. The fourth-order valence-electron chi connectivity index (χ4n) is 3.40. The van der Waals surface area contributed by atoms with E-state index in [1.165, 1.54) is 6.42 Å². The Morgan fingerprint density at radius 1 is 1.45 bits per heavy atom. The van der Waals surface area contributed by atoms with Gasteiger partial charge in [-0.1, -0.05) is 0 Å². The number of piperidine rings is 1. The molecule has 0 spiro atoms. The molecule has 2 aliphatic heterocycles. The minimum absolute atomic E-state index is 0.0712. The van der Waals surface area contributed by atoms with Gasteiger partial charge in [0.25, 0.3) is 0 Å². The molecule has 3 heterocycles. The molecule has 5 heteroatoms. The molecule has 110 valence electrons. The van der Waals surface area contributed by atoms with Crippen molar-refractivity contribution in [1.82, 2.24) is 19.8 Å². The van der Waals surface area contributed by atoms with Gasteiger partial charge < -0.3 is 14.8 Å². The van der Waals surface area contributed by atoms with E-state index in [1.54, 1.807) is 0 Å². The summed E-state index contributed by atoms with van der Waals surface area (Å²) in [6.07, 6.45) is 9.26. The summed E-state index contributed by atoms with van der Waals surface area (Å²) in [5.41, 5.74) is 0. The first-order valence-electron chi connectivity index (χ1n) is 7.72. The van der Waals surface area contributed by atoms with Gasteiger partial charge in [-0.15, -0.1) is 0 Å². The van der Waals surface area contributed by atoms with E-state index in [2.05, 4.69) is 19.8 Å². The van der Waals surface area contributed by atoms with Crippen molar-refractivity contribution >= 4 is 5.91 Å². The number of carbonyl (C=O) groups is 1. The monoisotopic (exact) mass is 276 g/mol. The number of carbonyl (C=O) groups excluding carboxylic acids is 1. The zero-order valence-corrected chi connectivity index (χ0v) is 12.2. The lowest BCUT2D eigenvalue weighted by Crippen LogP contribution is -2.48. The Balaban J connectivity index is 1.58. The van der Waals surface area contributed by atoms with Crippen LogP contribution in [0.2, 0.25) is 0 Å². The molecule has 1 amide bonds. The summed E-state index contributed by atoms with van der Waals surface area (Å²) in [6.45, 7) is 2.80. The van der Waals surface area contributed by atoms with Gasteiger partial charge in [-0.25, -0.2) is 4.98 Å². The third-order valence-corrected chi connectivity index (χ3v) is 4.58. The second-order valence-electron chi connectivity index (χ2n) is 6.10. The molecule has 0 radical (unpaired) electrons. The molecule has 0 saturated carbocycles. The largest absolute Gasteiger partial charge is 0.341 e. The van der Waals surface area contributed by atoms with Gasteiger partial charge >= 0.3 is 0 Å². The van der Waals surface area contributed by atoms with Crippen LogP contribution in [0.5, 0.6) is 0 Å². The summed E-state index contributed by atoms with van der Waals surface area (Å²) < 4.78 is 2.08. The molecule has 5 nitrogen and oxygen atoms in total. The molecule has 1 aromatic rings. The number of nitrogens with one attached hydrogen (secondary N) is 1. The summed E-state index contributed by atoms with van der Waals surface area (Å²) in [4.78, 5) is 18.9. The van der Waals surface area contributed by atoms with Gasteiger partial charge in [-0.2, -0.15) is 0 Å². The van der Waals surface area contributed by atoms with Crippen molar-refractivity contribution in [3.05, 3.63) is 18.2 Å². The van der Waals surface area contributed by atoms with Crippen LogP contribution in [-0.4, -0.2) is 46.0 Å². The standard InChI is InChI=1S/C15H24N4O/c1-18-9-7-17-14(18)10-12-4-3-8-19(11-12)15(20)13-5-2-6-16-13/h7,9,12-13,16H,2-6,8,10-11H2,1H3. The first-order valence-corrected chi connectivity index (χ1v) is 7.72. The fraction of sp³-hybridized carbons (Fsp3) is 0.733. The van der Waals surface area contributed by atoms with E-state index in [4.69, 9.17) is 0 Å². The maximum atomic E-state index is 12.5. The third kappa shape index (κ3) is 2.87. The van der Waals surface area contributed by atoms with E-state index in [9.17, 15) is 4.79 Å². The predicted octanol–water partition coefficient (Wildman–Crippen LogP) is 0.953.